The van der Waals surface area contributed by atoms with Crippen molar-refractivity contribution in [2.24, 2.45) is 5.73 Å². The average Bonchev–Trinajstić information content (AvgIpc) is 2.35. The zero-order chi connectivity index (χ0) is 11.8. The van der Waals surface area contributed by atoms with Crippen LogP contribution in [0.1, 0.15) is 58.6 Å². The van der Waals surface area contributed by atoms with E-state index in [9.17, 15) is 4.79 Å². The maximum Gasteiger partial charge on any atom is 0.249 e. The third kappa shape index (κ3) is 1.74. The normalized spacial score (nSPS) is 18.4. The summed E-state index contributed by atoms with van der Waals surface area (Å²) in [6.45, 7) is 0. The molecule has 0 spiro atoms. The van der Waals surface area contributed by atoms with Crippen molar-refractivity contribution in [3.63, 3.8) is 0 Å². The van der Waals surface area contributed by atoms with E-state index in [2.05, 4.69) is 0 Å². The molecule has 0 unspecified atom stereocenters. The van der Waals surface area contributed by atoms with Crippen molar-refractivity contribution in [3.8, 4) is 0 Å². The first-order valence-electron chi connectivity index (χ1n) is 6.60. The summed E-state index contributed by atoms with van der Waals surface area (Å²) in [5.74, 6) is -0.247. The molecule has 90 valence electrons. The number of pyridine rings is 1. The number of primary amides is 1. The molecule has 1 amide bonds. The molecule has 3 heteroatoms. The maximum absolute atomic E-state index is 11.7. The quantitative estimate of drug-likeness (QED) is 0.801. The molecule has 0 bridgehead atoms. The van der Waals surface area contributed by atoms with Gasteiger partial charge in [-0.1, -0.05) is 0 Å². The molecule has 0 aromatic carbocycles. The van der Waals surface area contributed by atoms with Crippen molar-refractivity contribution in [1.29, 1.82) is 0 Å². The molecule has 1 aromatic heterocycles. The Morgan fingerprint density at radius 2 is 1.35 bits per heavy atom. The van der Waals surface area contributed by atoms with Crippen LogP contribution in [0.3, 0.4) is 0 Å². The first-order valence-corrected chi connectivity index (χ1v) is 6.60. The SMILES string of the molecule is NC(=O)c1c2c(nc3c1CCCC3)CCCC2. The zero-order valence-corrected chi connectivity index (χ0v) is 10.1. The molecule has 0 saturated heterocycles. The molecule has 3 nitrogen and oxygen atoms in total. The van der Waals surface area contributed by atoms with Crippen LogP contribution < -0.4 is 5.73 Å². The molecule has 0 atom stereocenters. The Labute approximate surface area is 101 Å². The molecule has 1 aromatic rings. The number of carbonyl (C=O) groups excluding carboxylic acids is 1. The molecule has 1 heterocycles. The van der Waals surface area contributed by atoms with Gasteiger partial charge >= 0.3 is 0 Å². The van der Waals surface area contributed by atoms with Crippen LogP contribution in [0.4, 0.5) is 0 Å². The molecular weight excluding hydrogens is 212 g/mol. The summed E-state index contributed by atoms with van der Waals surface area (Å²) in [4.78, 5) is 16.5. The van der Waals surface area contributed by atoms with Gasteiger partial charge in [0.2, 0.25) is 5.91 Å². The van der Waals surface area contributed by atoms with Crippen molar-refractivity contribution in [1.82, 2.24) is 4.98 Å². The summed E-state index contributed by atoms with van der Waals surface area (Å²) in [7, 11) is 0. The molecule has 17 heavy (non-hydrogen) atoms. The molecule has 0 fully saturated rings. The molecule has 0 radical (unpaired) electrons. The van der Waals surface area contributed by atoms with E-state index in [1.807, 2.05) is 0 Å². The smallest absolute Gasteiger partial charge is 0.249 e. The number of amides is 1. The minimum absolute atomic E-state index is 0.247. The van der Waals surface area contributed by atoms with Crippen LogP contribution in [0.5, 0.6) is 0 Å². The van der Waals surface area contributed by atoms with Gasteiger partial charge < -0.3 is 5.73 Å². The van der Waals surface area contributed by atoms with Gasteiger partial charge in [-0.05, 0) is 62.5 Å². The van der Waals surface area contributed by atoms with Gasteiger partial charge in [0.25, 0.3) is 0 Å². The van der Waals surface area contributed by atoms with Crippen LogP contribution in [-0.4, -0.2) is 10.9 Å². The Hall–Kier alpha value is -1.38. The Morgan fingerprint density at radius 1 is 0.882 bits per heavy atom. The van der Waals surface area contributed by atoms with Gasteiger partial charge in [0.1, 0.15) is 0 Å². The predicted molar refractivity (Wildman–Crippen MR) is 66.0 cm³/mol. The summed E-state index contributed by atoms with van der Waals surface area (Å²) >= 11 is 0. The number of fused-ring (bicyclic) bond motifs is 2. The third-order valence-electron chi connectivity index (χ3n) is 4.00. The van der Waals surface area contributed by atoms with Crippen molar-refractivity contribution < 1.29 is 4.79 Å². The Balaban J connectivity index is 2.23. The number of nitrogens with two attached hydrogens (primary N) is 1. The van der Waals surface area contributed by atoms with Gasteiger partial charge in [-0.3, -0.25) is 9.78 Å². The lowest BCUT2D eigenvalue weighted by atomic mass is 9.84. The van der Waals surface area contributed by atoms with Gasteiger partial charge in [0.15, 0.2) is 0 Å². The van der Waals surface area contributed by atoms with E-state index >= 15 is 0 Å². The van der Waals surface area contributed by atoms with Gasteiger partial charge in [0, 0.05) is 17.0 Å². The lowest BCUT2D eigenvalue weighted by Gasteiger charge is -2.25. The molecule has 3 rings (SSSR count). The first kappa shape index (κ1) is 10.8. The number of aryl methyl sites for hydroxylation is 2. The second-order valence-corrected chi connectivity index (χ2v) is 5.12. The molecule has 2 aliphatic carbocycles. The summed E-state index contributed by atoms with van der Waals surface area (Å²) in [5.41, 5.74) is 11.0. The van der Waals surface area contributed by atoms with Crippen LogP contribution in [0.2, 0.25) is 0 Å². The van der Waals surface area contributed by atoms with Gasteiger partial charge in [-0.2, -0.15) is 0 Å². The molecule has 0 aliphatic heterocycles. The highest BCUT2D eigenvalue weighted by molar-refractivity contribution is 5.96. The fourth-order valence-corrected chi connectivity index (χ4v) is 3.21. The van der Waals surface area contributed by atoms with Crippen molar-refractivity contribution in [3.05, 3.63) is 28.1 Å². The number of rotatable bonds is 1. The predicted octanol–water partition coefficient (Wildman–Crippen LogP) is 1.94. The van der Waals surface area contributed by atoms with Crippen molar-refractivity contribution >= 4 is 5.91 Å². The average molecular weight is 230 g/mol. The van der Waals surface area contributed by atoms with E-state index in [0.717, 1.165) is 66.6 Å². The highest BCUT2D eigenvalue weighted by atomic mass is 16.1. The Bertz CT molecular complexity index is 445. The lowest BCUT2D eigenvalue weighted by Crippen LogP contribution is -2.24. The number of aromatic nitrogens is 1. The zero-order valence-electron chi connectivity index (χ0n) is 10.1. The highest BCUT2D eigenvalue weighted by Crippen LogP contribution is 2.31. The summed E-state index contributed by atoms with van der Waals surface area (Å²) in [6.07, 6.45) is 8.70. The van der Waals surface area contributed by atoms with Crippen LogP contribution in [-0.2, 0) is 25.7 Å². The van der Waals surface area contributed by atoms with Crippen molar-refractivity contribution in [2.45, 2.75) is 51.4 Å². The number of nitrogens with zero attached hydrogens (tertiary/aromatic N) is 1. The first-order chi connectivity index (χ1) is 8.27. The van der Waals surface area contributed by atoms with E-state index in [1.54, 1.807) is 0 Å². The summed E-state index contributed by atoms with van der Waals surface area (Å²) in [5, 5.41) is 0. The largest absolute Gasteiger partial charge is 0.366 e. The Kier molecular flexibility index (Phi) is 2.61. The van der Waals surface area contributed by atoms with Crippen LogP contribution in [0, 0.1) is 0 Å². The third-order valence-corrected chi connectivity index (χ3v) is 4.00. The monoisotopic (exact) mass is 230 g/mol. The molecule has 2 N–H and O–H groups in total. The number of hydrogen-bond donors (Lipinski definition) is 1. The molecule has 2 aliphatic rings. The Morgan fingerprint density at radius 3 is 1.82 bits per heavy atom. The summed E-state index contributed by atoms with van der Waals surface area (Å²) in [6, 6.07) is 0. The molecule has 0 saturated carbocycles. The van der Waals surface area contributed by atoms with E-state index in [0.29, 0.717) is 0 Å². The lowest BCUT2D eigenvalue weighted by molar-refractivity contribution is 0.0997. The fraction of sp³-hybridized carbons (Fsp3) is 0.571. The number of carbonyl (C=O) groups is 1. The second-order valence-electron chi connectivity index (χ2n) is 5.12. The van der Waals surface area contributed by atoms with Gasteiger partial charge in [-0.25, -0.2) is 0 Å². The highest BCUT2D eigenvalue weighted by Gasteiger charge is 2.25. The standard InChI is InChI=1S/C14H18N2O/c15-14(17)13-9-5-1-3-7-11(9)16-12-8-4-2-6-10(12)13/h1-8H2,(H2,15,17). The van der Waals surface area contributed by atoms with Gasteiger partial charge in [-0.15, -0.1) is 0 Å². The second kappa shape index (κ2) is 4.13. The van der Waals surface area contributed by atoms with Gasteiger partial charge in [0.05, 0.1) is 0 Å². The van der Waals surface area contributed by atoms with E-state index in [4.69, 9.17) is 10.7 Å². The van der Waals surface area contributed by atoms with E-state index in [1.165, 1.54) is 12.8 Å². The van der Waals surface area contributed by atoms with E-state index in [-0.39, 0.29) is 5.91 Å². The minimum atomic E-state index is -0.247. The van der Waals surface area contributed by atoms with Crippen LogP contribution in [0.15, 0.2) is 0 Å². The fourth-order valence-electron chi connectivity index (χ4n) is 3.21. The molecular formula is C14H18N2O. The van der Waals surface area contributed by atoms with Crippen LogP contribution in [0.25, 0.3) is 0 Å². The van der Waals surface area contributed by atoms with Crippen LogP contribution >= 0.6 is 0 Å². The maximum atomic E-state index is 11.7. The number of hydrogen-bond acceptors (Lipinski definition) is 2. The topological polar surface area (TPSA) is 56.0 Å². The summed E-state index contributed by atoms with van der Waals surface area (Å²) < 4.78 is 0. The van der Waals surface area contributed by atoms with Crippen molar-refractivity contribution in [2.75, 3.05) is 0 Å². The minimum Gasteiger partial charge on any atom is -0.366 e. The van der Waals surface area contributed by atoms with E-state index < -0.39 is 0 Å².